The molecule has 22 heavy (non-hydrogen) atoms. The molecule has 1 N–H and O–H groups in total. The van der Waals surface area contributed by atoms with Crippen molar-refractivity contribution in [1.29, 1.82) is 0 Å². The van der Waals surface area contributed by atoms with Gasteiger partial charge in [-0.15, -0.1) is 0 Å². The van der Waals surface area contributed by atoms with Gasteiger partial charge in [-0.25, -0.2) is 0 Å². The van der Waals surface area contributed by atoms with E-state index in [4.69, 9.17) is 11.6 Å². The van der Waals surface area contributed by atoms with Crippen LogP contribution in [0.15, 0.2) is 54.7 Å². The van der Waals surface area contributed by atoms with Crippen molar-refractivity contribution in [2.45, 2.75) is 26.7 Å². The van der Waals surface area contributed by atoms with E-state index in [1.54, 1.807) is 6.20 Å². The van der Waals surface area contributed by atoms with Crippen molar-refractivity contribution in [1.82, 2.24) is 0 Å². The molecule has 0 aliphatic heterocycles. The fourth-order valence-electron chi connectivity index (χ4n) is 2.10. The second kappa shape index (κ2) is 7.28. The van der Waals surface area contributed by atoms with E-state index >= 15 is 0 Å². The number of rotatable bonds is 5. The van der Waals surface area contributed by atoms with Gasteiger partial charge < -0.3 is 5.32 Å². The maximum absolute atomic E-state index is 12.1. The number of halogens is 1. The highest BCUT2D eigenvalue weighted by Gasteiger charge is 2.04. The van der Waals surface area contributed by atoms with Gasteiger partial charge in [-0.3, -0.25) is 4.79 Å². The standard InChI is InChI=1S/C19H20ClNO/c1-13(2)15-7-9-16(10-8-15)19(22)11-12-21-18-6-4-5-17(20)14(18)3/h4-13,21H,1-3H3/b12-11+. The average Bonchev–Trinajstić information content (AvgIpc) is 2.51. The number of ketones is 1. The third kappa shape index (κ3) is 3.99. The molecule has 0 spiro atoms. The Bertz CT molecular complexity index is 687. The molecule has 0 heterocycles. The summed E-state index contributed by atoms with van der Waals surface area (Å²) >= 11 is 6.06. The van der Waals surface area contributed by atoms with Crippen LogP contribution in [-0.4, -0.2) is 5.78 Å². The lowest BCUT2D eigenvalue weighted by atomic mass is 10.0. The van der Waals surface area contributed by atoms with Crippen LogP contribution in [0.3, 0.4) is 0 Å². The Kier molecular flexibility index (Phi) is 5.40. The predicted molar refractivity (Wildman–Crippen MR) is 93.8 cm³/mol. The van der Waals surface area contributed by atoms with Gasteiger partial charge in [-0.2, -0.15) is 0 Å². The first kappa shape index (κ1) is 16.3. The van der Waals surface area contributed by atoms with E-state index in [2.05, 4.69) is 19.2 Å². The van der Waals surface area contributed by atoms with Crippen molar-refractivity contribution >= 4 is 23.1 Å². The molecule has 0 atom stereocenters. The molecule has 0 saturated heterocycles. The Morgan fingerprint density at radius 2 is 1.82 bits per heavy atom. The van der Waals surface area contributed by atoms with Crippen LogP contribution in [0.4, 0.5) is 5.69 Å². The topological polar surface area (TPSA) is 29.1 Å². The van der Waals surface area contributed by atoms with Gasteiger partial charge in [0.2, 0.25) is 0 Å². The van der Waals surface area contributed by atoms with Crippen molar-refractivity contribution in [3.05, 3.63) is 76.5 Å². The predicted octanol–water partition coefficient (Wildman–Crippen LogP) is 5.58. The van der Waals surface area contributed by atoms with Gasteiger partial charge in [-0.1, -0.05) is 55.8 Å². The summed E-state index contributed by atoms with van der Waals surface area (Å²) < 4.78 is 0. The third-order valence-corrected chi connectivity index (χ3v) is 4.01. The van der Waals surface area contributed by atoms with Gasteiger partial charge in [-0.05, 0) is 36.1 Å². The zero-order valence-electron chi connectivity index (χ0n) is 13.1. The van der Waals surface area contributed by atoms with Crippen LogP contribution in [-0.2, 0) is 0 Å². The first-order valence-electron chi connectivity index (χ1n) is 7.31. The zero-order chi connectivity index (χ0) is 16.1. The van der Waals surface area contributed by atoms with Crippen LogP contribution in [0, 0.1) is 6.92 Å². The maximum atomic E-state index is 12.1. The van der Waals surface area contributed by atoms with E-state index in [9.17, 15) is 4.79 Å². The molecule has 0 bridgehead atoms. The molecule has 3 heteroatoms. The van der Waals surface area contributed by atoms with E-state index in [0.29, 0.717) is 16.5 Å². The summed E-state index contributed by atoms with van der Waals surface area (Å²) in [6.45, 7) is 6.20. The summed E-state index contributed by atoms with van der Waals surface area (Å²) in [5.74, 6) is 0.439. The normalized spacial score (nSPS) is 11.1. The number of allylic oxidation sites excluding steroid dienone is 1. The molecule has 2 aromatic rings. The quantitative estimate of drug-likeness (QED) is 0.576. The van der Waals surface area contributed by atoms with Crippen LogP contribution in [0.25, 0.3) is 0 Å². The van der Waals surface area contributed by atoms with E-state index < -0.39 is 0 Å². The molecule has 0 amide bonds. The van der Waals surface area contributed by atoms with Gasteiger partial charge in [0.25, 0.3) is 0 Å². The molecule has 2 rings (SSSR count). The van der Waals surface area contributed by atoms with Gasteiger partial charge in [0, 0.05) is 28.5 Å². The monoisotopic (exact) mass is 313 g/mol. The van der Waals surface area contributed by atoms with Crippen LogP contribution in [0.5, 0.6) is 0 Å². The Balaban J connectivity index is 2.03. The van der Waals surface area contributed by atoms with Crippen LogP contribution >= 0.6 is 11.6 Å². The van der Waals surface area contributed by atoms with Crippen molar-refractivity contribution < 1.29 is 4.79 Å². The third-order valence-electron chi connectivity index (χ3n) is 3.60. The summed E-state index contributed by atoms with van der Waals surface area (Å²) in [6, 6.07) is 13.4. The summed E-state index contributed by atoms with van der Waals surface area (Å²) in [5, 5.41) is 3.80. The number of hydrogen-bond donors (Lipinski definition) is 1. The largest absolute Gasteiger partial charge is 0.361 e. The van der Waals surface area contributed by atoms with Crippen molar-refractivity contribution in [2.24, 2.45) is 0 Å². The summed E-state index contributed by atoms with van der Waals surface area (Å²) in [6.07, 6.45) is 3.18. The van der Waals surface area contributed by atoms with Crippen molar-refractivity contribution in [3.63, 3.8) is 0 Å². The second-order valence-electron chi connectivity index (χ2n) is 5.53. The van der Waals surface area contributed by atoms with Gasteiger partial charge in [0.05, 0.1) is 0 Å². The van der Waals surface area contributed by atoms with Crippen LogP contribution in [0.2, 0.25) is 5.02 Å². The lowest BCUT2D eigenvalue weighted by molar-refractivity contribution is 0.104. The molecule has 0 fully saturated rings. The van der Waals surface area contributed by atoms with E-state index in [1.807, 2.05) is 49.4 Å². The Hall–Kier alpha value is -2.06. The number of carbonyl (C=O) groups is 1. The Morgan fingerprint density at radius 1 is 1.14 bits per heavy atom. The number of hydrogen-bond acceptors (Lipinski definition) is 2. The fraction of sp³-hybridized carbons (Fsp3) is 0.211. The minimum Gasteiger partial charge on any atom is -0.361 e. The molecule has 0 aliphatic carbocycles. The molecule has 114 valence electrons. The summed E-state index contributed by atoms with van der Waals surface area (Å²) in [4.78, 5) is 12.1. The minimum atomic E-state index is -0.0255. The van der Waals surface area contributed by atoms with Gasteiger partial charge >= 0.3 is 0 Å². The summed E-state index contributed by atoms with van der Waals surface area (Å²) in [5.41, 5.74) is 3.77. The Morgan fingerprint density at radius 3 is 2.45 bits per heavy atom. The molecular formula is C19H20ClNO. The average molecular weight is 314 g/mol. The van der Waals surface area contributed by atoms with Crippen LogP contribution in [0.1, 0.15) is 41.3 Å². The number of benzene rings is 2. The highest BCUT2D eigenvalue weighted by atomic mass is 35.5. The molecule has 0 aliphatic rings. The zero-order valence-corrected chi connectivity index (χ0v) is 13.8. The van der Waals surface area contributed by atoms with E-state index in [0.717, 1.165) is 11.3 Å². The molecule has 0 saturated carbocycles. The number of anilines is 1. The first-order chi connectivity index (χ1) is 10.5. The lowest BCUT2D eigenvalue weighted by Gasteiger charge is -2.07. The molecule has 0 unspecified atom stereocenters. The van der Waals surface area contributed by atoms with Crippen LogP contribution < -0.4 is 5.32 Å². The van der Waals surface area contributed by atoms with E-state index in [-0.39, 0.29) is 5.78 Å². The summed E-state index contributed by atoms with van der Waals surface area (Å²) in [7, 11) is 0. The van der Waals surface area contributed by atoms with E-state index in [1.165, 1.54) is 11.6 Å². The fourth-order valence-corrected chi connectivity index (χ4v) is 2.27. The first-order valence-corrected chi connectivity index (χ1v) is 7.69. The molecule has 2 nitrogen and oxygen atoms in total. The molecular weight excluding hydrogens is 294 g/mol. The maximum Gasteiger partial charge on any atom is 0.187 e. The lowest BCUT2D eigenvalue weighted by Crippen LogP contribution is -1.98. The molecule has 2 aromatic carbocycles. The Labute approximate surface area is 136 Å². The van der Waals surface area contributed by atoms with Gasteiger partial charge in [0.15, 0.2) is 5.78 Å². The SMILES string of the molecule is Cc1c(Cl)cccc1N/C=C/C(=O)c1ccc(C(C)C)cc1. The number of carbonyl (C=O) groups excluding carboxylic acids is 1. The molecule has 0 aromatic heterocycles. The minimum absolute atomic E-state index is 0.0255. The number of nitrogens with one attached hydrogen (secondary N) is 1. The highest BCUT2D eigenvalue weighted by molar-refractivity contribution is 6.31. The highest BCUT2D eigenvalue weighted by Crippen LogP contribution is 2.22. The second-order valence-corrected chi connectivity index (χ2v) is 5.94. The van der Waals surface area contributed by atoms with Crippen molar-refractivity contribution in [3.8, 4) is 0 Å². The van der Waals surface area contributed by atoms with Crippen molar-refractivity contribution in [2.75, 3.05) is 5.32 Å². The smallest absolute Gasteiger partial charge is 0.187 e. The molecule has 0 radical (unpaired) electrons. The van der Waals surface area contributed by atoms with Gasteiger partial charge in [0.1, 0.15) is 0 Å².